The van der Waals surface area contributed by atoms with Crippen molar-refractivity contribution in [3.05, 3.63) is 35.9 Å². The average molecular weight is 291 g/mol. The van der Waals surface area contributed by atoms with Crippen LogP contribution in [0, 0.1) is 0 Å². The van der Waals surface area contributed by atoms with Gasteiger partial charge in [0.05, 0.1) is 14.2 Å². The molecule has 5 heteroatoms. The highest BCUT2D eigenvalue weighted by molar-refractivity contribution is 5.94. The molecule has 0 atom stereocenters. The normalized spacial score (nSPS) is 10.7. The molecule has 0 saturated carbocycles. The number of hydrogen-bond donors (Lipinski definition) is 0. The van der Waals surface area contributed by atoms with Gasteiger partial charge in [0.25, 0.3) is 0 Å². The summed E-state index contributed by atoms with van der Waals surface area (Å²) in [5, 5.41) is 0. The number of carbonyl (C=O) groups is 2. The molecule has 1 aromatic carbocycles. The molecule has 1 aromatic rings. The lowest BCUT2D eigenvalue weighted by atomic mass is 10.2. The van der Waals surface area contributed by atoms with Crippen LogP contribution in [0.2, 0.25) is 0 Å². The van der Waals surface area contributed by atoms with E-state index in [4.69, 9.17) is 4.74 Å². The van der Waals surface area contributed by atoms with E-state index >= 15 is 0 Å². The first-order valence-electron chi connectivity index (χ1n) is 6.67. The van der Waals surface area contributed by atoms with Gasteiger partial charge in [0, 0.05) is 12.1 Å². The van der Waals surface area contributed by atoms with Gasteiger partial charge in [-0.2, -0.15) is 0 Å². The highest BCUT2D eigenvalue weighted by Gasteiger charge is 2.18. The minimum Gasteiger partial charge on any atom is -0.497 e. The fourth-order valence-corrected chi connectivity index (χ4v) is 1.73. The maximum atomic E-state index is 12.2. The van der Waals surface area contributed by atoms with Crippen molar-refractivity contribution >= 4 is 18.0 Å². The summed E-state index contributed by atoms with van der Waals surface area (Å²) >= 11 is 0. The molecule has 0 aliphatic carbocycles. The molecule has 0 aromatic heterocycles. The van der Waals surface area contributed by atoms with Crippen LogP contribution >= 0.6 is 0 Å². The number of esters is 1. The Morgan fingerprint density at radius 1 is 1.29 bits per heavy atom. The summed E-state index contributed by atoms with van der Waals surface area (Å²) in [6.07, 6.45) is 3.13. The summed E-state index contributed by atoms with van der Waals surface area (Å²) in [6.45, 7) is 3.63. The van der Waals surface area contributed by atoms with Crippen LogP contribution < -0.4 is 4.74 Å². The van der Waals surface area contributed by atoms with Crippen molar-refractivity contribution in [3.8, 4) is 5.75 Å². The Bertz CT molecular complexity index is 523. The van der Waals surface area contributed by atoms with Crippen LogP contribution in [0.4, 0.5) is 0 Å². The maximum absolute atomic E-state index is 12.2. The first kappa shape index (κ1) is 16.8. The summed E-state index contributed by atoms with van der Waals surface area (Å²) in [4.78, 5) is 24.9. The van der Waals surface area contributed by atoms with Gasteiger partial charge in [-0.25, -0.2) is 0 Å². The molecule has 114 valence electrons. The van der Waals surface area contributed by atoms with Gasteiger partial charge in [0.1, 0.15) is 12.3 Å². The maximum Gasteiger partial charge on any atom is 0.325 e. The Hall–Kier alpha value is -2.30. The second-order valence-corrected chi connectivity index (χ2v) is 4.75. The van der Waals surface area contributed by atoms with Crippen LogP contribution in [0.25, 0.3) is 6.08 Å². The number of amides is 1. The van der Waals surface area contributed by atoms with Crippen molar-refractivity contribution < 1.29 is 19.1 Å². The number of hydrogen-bond acceptors (Lipinski definition) is 4. The fourth-order valence-electron chi connectivity index (χ4n) is 1.73. The third-order valence-corrected chi connectivity index (χ3v) is 2.95. The van der Waals surface area contributed by atoms with E-state index in [0.29, 0.717) is 0 Å². The zero-order valence-corrected chi connectivity index (χ0v) is 12.8. The van der Waals surface area contributed by atoms with Gasteiger partial charge in [-0.1, -0.05) is 12.1 Å². The SMILES string of the molecule is COC(=O)CN(C(=O)/C=C/c1cccc(OC)c1)C(C)C. The highest BCUT2D eigenvalue weighted by Crippen LogP contribution is 2.14. The standard InChI is InChI=1S/C16H21NO4/c1-12(2)17(11-16(19)21-4)15(18)9-8-13-6-5-7-14(10-13)20-3/h5-10,12H,11H2,1-4H3/b9-8+. The van der Waals surface area contributed by atoms with Crippen LogP contribution in [0.5, 0.6) is 5.75 Å². The van der Waals surface area contributed by atoms with Crippen molar-refractivity contribution in [2.75, 3.05) is 20.8 Å². The second-order valence-electron chi connectivity index (χ2n) is 4.75. The van der Waals surface area contributed by atoms with E-state index in [9.17, 15) is 9.59 Å². The van der Waals surface area contributed by atoms with Crippen LogP contribution in [0.15, 0.2) is 30.3 Å². The smallest absolute Gasteiger partial charge is 0.325 e. The van der Waals surface area contributed by atoms with Crippen LogP contribution in [0.1, 0.15) is 19.4 Å². The Kier molecular flexibility index (Phi) is 6.46. The zero-order chi connectivity index (χ0) is 15.8. The zero-order valence-electron chi connectivity index (χ0n) is 12.8. The lowest BCUT2D eigenvalue weighted by molar-refractivity contribution is -0.146. The molecule has 0 aliphatic rings. The summed E-state index contributed by atoms with van der Waals surface area (Å²) in [5.41, 5.74) is 0.851. The topological polar surface area (TPSA) is 55.8 Å². The van der Waals surface area contributed by atoms with Gasteiger partial charge in [-0.05, 0) is 37.6 Å². The van der Waals surface area contributed by atoms with Crippen LogP contribution in [0.3, 0.4) is 0 Å². The van der Waals surface area contributed by atoms with Crippen molar-refractivity contribution in [2.24, 2.45) is 0 Å². The Morgan fingerprint density at radius 2 is 2.00 bits per heavy atom. The Morgan fingerprint density at radius 3 is 2.57 bits per heavy atom. The molecule has 0 unspecified atom stereocenters. The largest absolute Gasteiger partial charge is 0.497 e. The molecule has 0 bridgehead atoms. The van der Waals surface area contributed by atoms with E-state index in [2.05, 4.69) is 4.74 Å². The van der Waals surface area contributed by atoms with Crippen LogP contribution in [-0.4, -0.2) is 43.6 Å². The monoisotopic (exact) mass is 291 g/mol. The average Bonchev–Trinajstić information content (AvgIpc) is 2.49. The van der Waals surface area contributed by atoms with Gasteiger partial charge < -0.3 is 14.4 Å². The van der Waals surface area contributed by atoms with E-state index in [-0.39, 0.29) is 18.5 Å². The molecule has 1 amide bonds. The third-order valence-electron chi connectivity index (χ3n) is 2.95. The summed E-state index contributed by atoms with van der Waals surface area (Å²) < 4.78 is 9.72. The lowest BCUT2D eigenvalue weighted by Gasteiger charge is -2.24. The number of ether oxygens (including phenoxy) is 2. The molecule has 0 aliphatic heterocycles. The quantitative estimate of drug-likeness (QED) is 0.595. The Balaban J connectivity index is 2.80. The van der Waals surface area contributed by atoms with Gasteiger partial charge in [-0.3, -0.25) is 9.59 Å². The predicted octanol–water partition coefficient (Wildman–Crippen LogP) is 2.12. The molecule has 0 saturated heterocycles. The molecule has 5 nitrogen and oxygen atoms in total. The number of nitrogens with zero attached hydrogens (tertiary/aromatic N) is 1. The molecular formula is C16H21NO4. The van der Waals surface area contributed by atoms with E-state index in [1.54, 1.807) is 13.2 Å². The van der Waals surface area contributed by atoms with E-state index in [1.165, 1.54) is 18.1 Å². The van der Waals surface area contributed by atoms with Gasteiger partial charge in [0.2, 0.25) is 5.91 Å². The number of benzene rings is 1. The van der Waals surface area contributed by atoms with E-state index in [0.717, 1.165) is 11.3 Å². The van der Waals surface area contributed by atoms with Gasteiger partial charge in [0.15, 0.2) is 0 Å². The first-order chi connectivity index (χ1) is 9.97. The molecule has 21 heavy (non-hydrogen) atoms. The fraction of sp³-hybridized carbons (Fsp3) is 0.375. The molecule has 0 spiro atoms. The van der Waals surface area contributed by atoms with E-state index < -0.39 is 5.97 Å². The molecule has 0 radical (unpaired) electrons. The minimum absolute atomic E-state index is 0.0601. The molecule has 0 N–H and O–H groups in total. The van der Waals surface area contributed by atoms with Crippen molar-refractivity contribution in [3.63, 3.8) is 0 Å². The van der Waals surface area contributed by atoms with Crippen molar-refractivity contribution in [1.82, 2.24) is 4.90 Å². The van der Waals surface area contributed by atoms with Gasteiger partial charge >= 0.3 is 5.97 Å². The number of carbonyl (C=O) groups excluding carboxylic acids is 2. The highest BCUT2D eigenvalue weighted by atomic mass is 16.5. The molecule has 1 rings (SSSR count). The van der Waals surface area contributed by atoms with Gasteiger partial charge in [-0.15, -0.1) is 0 Å². The lowest BCUT2D eigenvalue weighted by Crippen LogP contribution is -2.40. The number of methoxy groups -OCH3 is 2. The summed E-state index contributed by atoms with van der Waals surface area (Å²) in [5.74, 6) is 0.0462. The Labute approximate surface area is 125 Å². The molecule has 0 heterocycles. The minimum atomic E-state index is -0.438. The second kappa shape index (κ2) is 8.09. The van der Waals surface area contributed by atoms with Crippen molar-refractivity contribution in [2.45, 2.75) is 19.9 Å². The number of rotatable bonds is 6. The van der Waals surface area contributed by atoms with Crippen LogP contribution in [-0.2, 0) is 14.3 Å². The predicted molar refractivity (Wildman–Crippen MR) is 80.9 cm³/mol. The van der Waals surface area contributed by atoms with Crippen molar-refractivity contribution in [1.29, 1.82) is 0 Å². The summed E-state index contributed by atoms with van der Waals surface area (Å²) in [7, 11) is 2.89. The summed E-state index contributed by atoms with van der Waals surface area (Å²) in [6, 6.07) is 7.27. The third kappa shape index (κ3) is 5.30. The van der Waals surface area contributed by atoms with E-state index in [1.807, 2.05) is 38.1 Å². The first-order valence-corrected chi connectivity index (χ1v) is 6.67. The molecular weight excluding hydrogens is 270 g/mol. The molecule has 0 fully saturated rings.